The SMILES string of the molecule is CNC(=O)OCCn1c(=O)c(-c2cccc(C)c2C)cn(CC(=O)N2CCC(N3CCc4ccccc4NC3=O)CC2)c1=O. The molecule has 0 aliphatic carbocycles. The molecule has 0 spiro atoms. The lowest BCUT2D eigenvalue weighted by atomic mass is 9.99. The van der Waals surface area contributed by atoms with Crippen LogP contribution in [0, 0.1) is 13.8 Å². The van der Waals surface area contributed by atoms with Gasteiger partial charge in [0.25, 0.3) is 5.56 Å². The monoisotopic (exact) mass is 602 g/mol. The number of ether oxygens (including phenoxy) is 1. The van der Waals surface area contributed by atoms with E-state index in [1.165, 1.54) is 17.8 Å². The molecular weight excluding hydrogens is 564 g/mol. The van der Waals surface area contributed by atoms with Crippen molar-refractivity contribution in [2.75, 3.05) is 38.6 Å². The highest BCUT2D eigenvalue weighted by atomic mass is 16.5. The highest BCUT2D eigenvalue weighted by molar-refractivity contribution is 5.91. The molecule has 0 saturated carbocycles. The number of anilines is 1. The van der Waals surface area contributed by atoms with Crippen LogP contribution in [0.3, 0.4) is 0 Å². The van der Waals surface area contributed by atoms with Gasteiger partial charge in [-0.2, -0.15) is 0 Å². The summed E-state index contributed by atoms with van der Waals surface area (Å²) in [5, 5.41) is 5.34. The fourth-order valence-electron chi connectivity index (χ4n) is 5.90. The van der Waals surface area contributed by atoms with Gasteiger partial charge in [-0.1, -0.05) is 36.4 Å². The maximum Gasteiger partial charge on any atom is 0.406 e. The molecule has 1 saturated heterocycles. The summed E-state index contributed by atoms with van der Waals surface area (Å²) in [4.78, 5) is 68.6. The lowest BCUT2D eigenvalue weighted by Crippen LogP contribution is -2.51. The Bertz CT molecular complexity index is 1690. The van der Waals surface area contributed by atoms with Gasteiger partial charge in [-0.15, -0.1) is 0 Å². The third kappa shape index (κ3) is 6.38. The van der Waals surface area contributed by atoms with Crippen LogP contribution in [-0.2, 0) is 29.0 Å². The van der Waals surface area contributed by atoms with Gasteiger partial charge in [0.2, 0.25) is 5.91 Å². The first kappa shape index (κ1) is 30.6. The van der Waals surface area contributed by atoms with Crippen LogP contribution in [0.25, 0.3) is 11.1 Å². The smallest absolute Gasteiger partial charge is 0.406 e. The Morgan fingerprint density at radius 1 is 0.977 bits per heavy atom. The number of rotatable bonds is 7. The Morgan fingerprint density at radius 3 is 2.48 bits per heavy atom. The third-order valence-electron chi connectivity index (χ3n) is 8.59. The van der Waals surface area contributed by atoms with Crippen LogP contribution in [0.1, 0.15) is 29.5 Å². The standard InChI is InChI=1S/C32H38N6O6/c1-21-7-6-9-25(22(21)2)26-19-36(32(43)38(29(26)40)17-18-44-31(42)33-3)20-28(39)35-14-12-24(13-15-35)37-16-11-23-8-4-5-10-27(23)34-30(37)41/h4-10,19,24H,11-18,20H2,1-3H3,(H,33,42)(H,34,41). The fourth-order valence-corrected chi connectivity index (χ4v) is 5.90. The van der Waals surface area contributed by atoms with Crippen LogP contribution in [-0.4, -0.2) is 76.3 Å². The zero-order valence-corrected chi connectivity index (χ0v) is 25.3. The Balaban J connectivity index is 1.32. The van der Waals surface area contributed by atoms with Crippen molar-refractivity contribution in [3.05, 3.63) is 86.2 Å². The summed E-state index contributed by atoms with van der Waals surface area (Å²) in [6.07, 6.45) is 2.77. The molecule has 0 atom stereocenters. The summed E-state index contributed by atoms with van der Waals surface area (Å²) in [5.41, 5.74) is 3.57. The van der Waals surface area contributed by atoms with E-state index in [0.717, 1.165) is 33.4 Å². The minimum absolute atomic E-state index is 0.00536. The summed E-state index contributed by atoms with van der Waals surface area (Å²) in [6.45, 7) is 4.72. The first-order chi connectivity index (χ1) is 21.2. The quantitative estimate of drug-likeness (QED) is 0.427. The number of benzene rings is 2. The van der Waals surface area contributed by atoms with Crippen LogP contribution in [0.2, 0.25) is 0 Å². The van der Waals surface area contributed by atoms with Crippen LogP contribution in [0.4, 0.5) is 15.3 Å². The highest BCUT2D eigenvalue weighted by Crippen LogP contribution is 2.25. The number of hydrogen-bond donors (Lipinski definition) is 2. The van der Waals surface area contributed by atoms with E-state index >= 15 is 0 Å². The highest BCUT2D eigenvalue weighted by Gasteiger charge is 2.31. The van der Waals surface area contributed by atoms with Crippen molar-refractivity contribution < 1.29 is 19.1 Å². The Labute approximate surface area is 255 Å². The molecule has 5 rings (SSSR count). The summed E-state index contributed by atoms with van der Waals surface area (Å²) < 4.78 is 7.30. The van der Waals surface area contributed by atoms with Crippen LogP contribution in [0.5, 0.6) is 0 Å². The van der Waals surface area contributed by atoms with Crippen molar-refractivity contribution in [3.8, 4) is 11.1 Å². The number of para-hydroxylation sites is 1. The Hall–Kier alpha value is -4.87. The topological polar surface area (TPSA) is 135 Å². The van der Waals surface area contributed by atoms with Gasteiger partial charge in [-0.05, 0) is 61.4 Å². The largest absolute Gasteiger partial charge is 0.448 e. The minimum atomic E-state index is -0.676. The number of nitrogens with one attached hydrogen (secondary N) is 2. The number of piperidine rings is 1. The molecule has 2 N–H and O–H groups in total. The van der Waals surface area contributed by atoms with Crippen molar-refractivity contribution >= 4 is 23.7 Å². The van der Waals surface area contributed by atoms with E-state index in [-0.39, 0.29) is 43.2 Å². The first-order valence-electron chi connectivity index (χ1n) is 14.9. The van der Waals surface area contributed by atoms with E-state index in [1.807, 2.05) is 61.2 Å². The molecule has 2 aliphatic rings. The average Bonchev–Trinajstić information content (AvgIpc) is 3.19. The molecule has 2 aliphatic heterocycles. The Morgan fingerprint density at radius 2 is 1.73 bits per heavy atom. The average molecular weight is 603 g/mol. The number of likely N-dealkylation sites (tertiary alicyclic amines) is 1. The van der Waals surface area contributed by atoms with Gasteiger partial charge in [0.1, 0.15) is 13.2 Å². The predicted molar refractivity (Wildman–Crippen MR) is 166 cm³/mol. The van der Waals surface area contributed by atoms with E-state index in [9.17, 15) is 24.0 Å². The van der Waals surface area contributed by atoms with Crippen molar-refractivity contribution in [1.82, 2.24) is 24.3 Å². The number of aryl methyl sites for hydroxylation is 1. The molecule has 232 valence electrons. The van der Waals surface area contributed by atoms with Crippen LogP contribution in [0.15, 0.2) is 58.3 Å². The van der Waals surface area contributed by atoms with E-state index < -0.39 is 17.3 Å². The molecule has 2 aromatic carbocycles. The van der Waals surface area contributed by atoms with Gasteiger partial charge >= 0.3 is 17.8 Å². The molecule has 0 unspecified atom stereocenters. The number of fused-ring (bicyclic) bond motifs is 1. The van der Waals surface area contributed by atoms with E-state index in [2.05, 4.69) is 10.6 Å². The van der Waals surface area contributed by atoms with Crippen LogP contribution < -0.4 is 21.9 Å². The summed E-state index contributed by atoms with van der Waals surface area (Å²) >= 11 is 0. The van der Waals surface area contributed by atoms with Gasteiger partial charge in [-0.25, -0.2) is 14.4 Å². The minimum Gasteiger partial charge on any atom is -0.448 e. The number of aromatic nitrogens is 2. The second-order valence-electron chi connectivity index (χ2n) is 11.2. The van der Waals surface area contributed by atoms with E-state index in [4.69, 9.17) is 4.74 Å². The zero-order chi connectivity index (χ0) is 31.4. The molecule has 4 amide bonds. The van der Waals surface area contributed by atoms with E-state index in [0.29, 0.717) is 38.0 Å². The second-order valence-corrected chi connectivity index (χ2v) is 11.2. The lowest BCUT2D eigenvalue weighted by molar-refractivity contribution is -0.133. The number of hydrogen-bond acceptors (Lipinski definition) is 6. The molecule has 44 heavy (non-hydrogen) atoms. The molecule has 3 heterocycles. The van der Waals surface area contributed by atoms with Gasteiger partial charge in [-0.3, -0.25) is 18.7 Å². The van der Waals surface area contributed by atoms with Crippen molar-refractivity contribution in [1.29, 1.82) is 0 Å². The van der Waals surface area contributed by atoms with Gasteiger partial charge in [0.05, 0.1) is 12.1 Å². The number of carbonyl (C=O) groups excluding carboxylic acids is 3. The van der Waals surface area contributed by atoms with E-state index in [1.54, 1.807) is 4.90 Å². The maximum atomic E-state index is 13.5. The van der Waals surface area contributed by atoms with Crippen molar-refractivity contribution in [2.45, 2.75) is 52.2 Å². The molecule has 1 fully saturated rings. The van der Waals surface area contributed by atoms with Crippen molar-refractivity contribution in [2.24, 2.45) is 0 Å². The first-order valence-corrected chi connectivity index (χ1v) is 14.9. The second kappa shape index (κ2) is 13.2. The summed E-state index contributed by atoms with van der Waals surface area (Å²) in [6, 6.07) is 13.2. The van der Waals surface area contributed by atoms with Gasteiger partial charge in [0, 0.05) is 44.6 Å². The molecule has 12 nitrogen and oxygen atoms in total. The fraction of sp³-hybridized carbons (Fsp3) is 0.406. The Kier molecular flexibility index (Phi) is 9.17. The molecule has 0 bridgehead atoms. The predicted octanol–water partition coefficient (Wildman–Crippen LogP) is 2.73. The number of nitrogens with zero attached hydrogens (tertiary/aromatic N) is 4. The molecule has 12 heteroatoms. The number of carbonyl (C=O) groups is 3. The molecule has 0 radical (unpaired) electrons. The van der Waals surface area contributed by atoms with Gasteiger partial charge < -0.3 is 25.2 Å². The van der Waals surface area contributed by atoms with Gasteiger partial charge in [0.15, 0.2) is 0 Å². The molecule has 3 aromatic rings. The lowest BCUT2D eigenvalue weighted by Gasteiger charge is -2.38. The molecule has 1 aromatic heterocycles. The summed E-state index contributed by atoms with van der Waals surface area (Å²) in [5.74, 6) is -0.253. The maximum absolute atomic E-state index is 13.5. The third-order valence-corrected chi connectivity index (χ3v) is 8.59. The molecular formula is C32H38N6O6. The number of amides is 4. The van der Waals surface area contributed by atoms with Crippen LogP contribution >= 0.6 is 0 Å². The zero-order valence-electron chi connectivity index (χ0n) is 25.3. The number of urea groups is 1. The number of alkyl carbamates (subject to hydrolysis) is 1. The van der Waals surface area contributed by atoms with Crippen molar-refractivity contribution in [3.63, 3.8) is 0 Å². The summed E-state index contributed by atoms with van der Waals surface area (Å²) in [7, 11) is 1.42. The normalized spacial score (nSPS) is 15.3.